The lowest BCUT2D eigenvalue weighted by Crippen LogP contribution is -2.21. The Morgan fingerprint density at radius 3 is 2.48 bits per heavy atom. The standard InChI is InChI=1S/C18H27N3/c1-14-11-15(2)18(16(3)12-14)17(4)20-7-5-6-9-21-10-8-19-13-21/h8,10-13,17,20H,5-7,9H2,1-4H3. The molecule has 0 saturated heterocycles. The van der Waals surface area contributed by atoms with Gasteiger partial charge in [0, 0.05) is 25.0 Å². The van der Waals surface area contributed by atoms with Gasteiger partial charge in [-0.05, 0) is 63.8 Å². The van der Waals surface area contributed by atoms with Gasteiger partial charge < -0.3 is 9.88 Å². The monoisotopic (exact) mass is 285 g/mol. The fourth-order valence-corrected chi connectivity index (χ4v) is 3.13. The topological polar surface area (TPSA) is 29.9 Å². The average Bonchev–Trinajstić information content (AvgIpc) is 2.90. The van der Waals surface area contributed by atoms with Gasteiger partial charge in [0.1, 0.15) is 0 Å². The number of aromatic nitrogens is 2. The number of hydrogen-bond acceptors (Lipinski definition) is 2. The second-order valence-electron chi connectivity index (χ2n) is 6.00. The van der Waals surface area contributed by atoms with E-state index in [0.29, 0.717) is 6.04 Å². The van der Waals surface area contributed by atoms with Gasteiger partial charge in [-0.1, -0.05) is 17.7 Å². The van der Waals surface area contributed by atoms with Crippen LogP contribution >= 0.6 is 0 Å². The number of nitrogens with one attached hydrogen (secondary N) is 1. The maximum atomic E-state index is 4.06. The lowest BCUT2D eigenvalue weighted by Gasteiger charge is -2.20. The molecular weight excluding hydrogens is 258 g/mol. The van der Waals surface area contributed by atoms with Crippen LogP contribution in [0.5, 0.6) is 0 Å². The third-order valence-corrected chi connectivity index (χ3v) is 4.02. The molecule has 0 aliphatic heterocycles. The first-order valence-electron chi connectivity index (χ1n) is 7.85. The number of rotatable bonds is 7. The van der Waals surface area contributed by atoms with Crippen LogP contribution in [-0.4, -0.2) is 16.1 Å². The molecule has 0 saturated carbocycles. The summed E-state index contributed by atoms with van der Waals surface area (Å²) in [5.41, 5.74) is 5.59. The molecule has 1 aromatic carbocycles. The molecule has 1 aromatic heterocycles. The minimum atomic E-state index is 0.416. The normalized spacial score (nSPS) is 12.6. The summed E-state index contributed by atoms with van der Waals surface area (Å²) < 4.78 is 2.14. The fourth-order valence-electron chi connectivity index (χ4n) is 3.13. The van der Waals surface area contributed by atoms with Crippen LogP contribution in [0.4, 0.5) is 0 Å². The summed E-state index contributed by atoms with van der Waals surface area (Å²) >= 11 is 0. The molecule has 0 fully saturated rings. The van der Waals surface area contributed by atoms with Crippen LogP contribution in [0.2, 0.25) is 0 Å². The summed E-state index contributed by atoms with van der Waals surface area (Å²) in [6.07, 6.45) is 8.11. The molecule has 2 rings (SSSR count). The first kappa shape index (κ1) is 15.8. The van der Waals surface area contributed by atoms with E-state index in [-0.39, 0.29) is 0 Å². The highest BCUT2D eigenvalue weighted by atomic mass is 15.0. The molecule has 0 aliphatic carbocycles. The molecule has 2 aromatic rings. The molecule has 0 spiro atoms. The highest BCUT2D eigenvalue weighted by Crippen LogP contribution is 2.23. The Kier molecular flexibility index (Phi) is 5.57. The minimum absolute atomic E-state index is 0.416. The highest BCUT2D eigenvalue weighted by Gasteiger charge is 2.11. The van der Waals surface area contributed by atoms with E-state index in [1.165, 1.54) is 35.1 Å². The highest BCUT2D eigenvalue weighted by molar-refractivity contribution is 5.39. The van der Waals surface area contributed by atoms with Gasteiger partial charge >= 0.3 is 0 Å². The molecule has 1 atom stereocenters. The third kappa shape index (κ3) is 4.43. The van der Waals surface area contributed by atoms with Gasteiger partial charge in [-0.3, -0.25) is 0 Å². The zero-order valence-corrected chi connectivity index (χ0v) is 13.7. The maximum Gasteiger partial charge on any atom is 0.0945 e. The molecule has 0 bridgehead atoms. The van der Waals surface area contributed by atoms with Crippen molar-refractivity contribution in [2.24, 2.45) is 0 Å². The molecule has 1 heterocycles. The van der Waals surface area contributed by atoms with E-state index in [9.17, 15) is 0 Å². The molecule has 1 unspecified atom stereocenters. The summed E-state index contributed by atoms with van der Waals surface area (Å²) in [5.74, 6) is 0. The van der Waals surface area contributed by atoms with Gasteiger partial charge in [-0.25, -0.2) is 4.98 Å². The average molecular weight is 285 g/mol. The van der Waals surface area contributed by atoms with E-state index < -0.39 is 0 Å². The Labute approximate surface area is 128 Å². The lowest BCUT2D eigenvalue weighted by atomic mass is 9.95. The Hall–Kier alpha value is -1.61. The van der Waals surface area contributed by atoms with Crippen LogP contribution in [0.15, 0.2) is 30.9 Å². The SMILES string of the molecule is Cc1cc(C)c(C(C)NCCCCn2ccnc2)c(C)c1. The molecule has 0 radical (unpaired) electrons. The Bertz CT molecular complexity index is 535. The van der Waals surface area contributed by atoms with E-state index in [4.69, 9.17) is 0 Å². The second-order valence-corrected chi connectivity index (χ2v) is 6.00. The van der Waals surface area contributed by atoms with Crippen LogP contribution < -0.4 is 5.32 Å². The molecule has 3 nitrogen and oxygen atoms in total. The van der Waals surface area contributed by atoms with Crippen molar-refractivity contribution in [3.8, 4) is 0 Å². The predicted molar refractivity (Wildman–Crippen MR) is 88.5 cm³/mol. The van der Waals surface area contributed by atoms with Crippen molar-refractivity contribution < 1.29 is 0 Å². The summed E-state index contributed by atoms with van der Waals surface area (Å²) in [7, 11) is 0. The lowest BCUT2D eigenvalue weighted by molar-refractivity contribution is 0.521. The summed E-state index contributed by atoms with van der Waals surface area (Å²) in [5, 5.41) is 3.66. The Balaban J connectivity index is 1.78. The second kappa shape index (κ2) is 7.41. The number of hydrogen-bond donors (Lipinski definition) is 1. The smallest absolute Gasteiger partial charge is 0.0945 e. The molecule has 3 heteroatoms. The fraction of sp³-hybridized carbons (Fsp3) is 0.500. The van der Waals surface area contributed by atoms with Crippen molar-refractivity contribution in [2.75, 3.05) is 6.54 Å². The number of nitrogens with zero attached hydrogens (tertiary/aromatic N) is 2. The van der Waals surface area contributed by atoms with Crippen LogP contribution in [-0.2, 0) is 6.54 Å². The van der Waals surface area contributed by atoms with Crippen molar-refractivity contribution in [3.05, 3.63) is 53.1 Å². The molecule has 0 amide bonds. The Morgan fingerprint density at radius 2 is 1.86 bits per heavy atom. The Morgan fingerprint density at radius 1 is 1.14 bits per heavy atom. The molecule has 1 N–H and O–H groups in total. The predicted octanol–water partition coefficient (Wildman–Crippen LogP) is 3.94. The van der Waals surface area contributed by atoms with Gasteiger partial charge in [-0.2, -0.15) is 0 Å². The number of imidazole rings is 1. The largest absolute Gasteiger partial charge is 0.337 e. The quantitative estimate of drug-likeness (QED) is 0.781. The zero-order valence-electron chi connectivity index (χ0n) is 13.7. The van der Waals surface area contributed by atoms with Crippen LogP contribution in [0.1, 0.15) is 48.1 Å². The summed E-state index contributed by atoms with van der Waals surface area (Å²) in [4.78, 5) is 4.06. The van der Waals surface area contributed by atoms with Gasteiger partial charge in [-0.15, -0.1) is 0 Å². The molecule has 114 valence electrons. The third-order valence-electron chi connectivity index (χ3n) is 4.02. The van der Waals surface area contributed by atoms with Crippen LogP contribution in [0.25, 0.3) is 0 Å². The van der Waals surface area contributed by atoms with Gasteiger partial charge in [0.25, 0.3) is 0 Å². The number of aryl methyl sites for hydroxylation is 4. The maximum absolute atomic E-state index is 4.06. The summed E-state index contributed by atoms with van der Waals surface area (Å²) in [6, 6.07) is 4.97. The zero-order chi connectivity index (χ0) is 15.2. The minimum Gasteiger partial charge on any atom is -0.337 e. The van der Waals surface area contributed by atoms with E-state index in [2.05, 4.69) is 54.7 Å². The molecule has 21 heavy (non-hydrogen) atoms. The van der Waals surface area contributed by atoms with Gasteiger partial charge in [0.05, 0.1) is 6.33 Å². The van der Waals surface area contributed by atoms with Crippen LogP contribution in [0, 0.1) is 20.8 Å². The van der Waals surface area contributed by atoms with E-state index in [1.807, 2.05) is 18.7 Å². The first-order chi connectivity index (χ1) is 10.1. The first-order valence-corrected chi connectivity index (χ1v) is 7.85. The molecular formula is C18H27N3. The summed E-state index contributed by atoms with van der Waals surface area (Å²) in [6.45, 7) is 11.0. The number of benzene rings is 1. The van der Waals surface area contributed by atoms with Gasteiger partial charge in [0.2, 0.25) is 0 Å². The number of unbranched alkanes of at least 4 members (excludes halogenated alkanes) is 1. The van der Waals surface area contributed by atoms with Crippen molar-refractivity contribution in [1.29, 1.82) is 0 Å². The van der Waals surface area contributed by atoms with Crippen molar-refractivity contribution in [3.63, 3.8) is 0 Å². The van der Waals surface area contributed by atoms with Gasteiger partial charge in [0.15, 0.2) is 0 Å². The van der Waals surface area contributed by atoms with E-state index in [1.54, 1.807) is 0 Å². The molecule has 0 aliphatic rings. The van der Waals surface area contributed by atoms with Crippen LogP contribution in [0.3, 0.4) is 0 Å². The van der Waals surface area contributed by atoms with Crippen molar-refractivity contribution in [2.45, 2.75) is 53.1 Å². The van der Waals surface area contributed by atoms with Crippen molar-refractivity contribution in [1.82, 2.24) is 14.9 Å². The van der Waals surface area contributed by atoms with E-state index >= 15 is 0 Å². The van der Waals surface area contributed by atoms with E-state index in [0.717, 1.165) is 13.1 Å². The van der Waals surface area contributed by atoms with Crippen molar-refractivity contribution >= 4 is 0 Å².